The standard InChI is InChI=1S/C22H32FN5O4/c1-22(2,3)32-21(30)26-10-15(9-23)14-31-18-11-24-20(25-12-18)28-8-4-5-16(13-28)19(29)27-17-6-7-17/h9,11-12,16-17H,4-8,10,13-14H2,1-3H3,(H,26,30)(H,27,29)/b15-9+. The lowest BCUT2D eigenvalue weighted by Crippen LogP contribution is -2.44. The predicted molar refractivity (Wildman–Crippen MR) is 117 cm³/mol. The SMILES string of the molecule is CC(C)(C)OC(=O)NC/C(=C\F)COc1cnc(N2CCCC(C(=O)NC3CC3)C2)nc1. The van der Waals surface area contributed by atoms with E-state index in [2.05, 4.69) is 20.6 Å². The minimum absolute atomic E-state index is 0.0392. The fourth-order valence-corrected chi connectivity index (χ4v) is 3.26. The lowest BCUT2D eigenvalue weighted by atomic mass is 9.97. The maximum Gasteiger partial charge on any atom is 0.407 e. The molecule has 1 saturated heterocycles. The van der Waals surface area contributed by atoms with Gasteiger partial charge in [0.05, 0.1) is 24.6 Å². The molecule has 2 aliphatic rings. The Morgan fingerprint density at radius 3 is 2.59 bits per heavy atom. The summed E-state index contributed by atoms with van der Waals surface area (Å²) in [4.78, 5) is 34.7. The van der Waals surface area contributed by atoms with E-state index in [9.17, 15) is 14.0 Å². The van der Waals surface area contributed by atoms with Crippen LogP contribution in [0.1, 0.15) is 46.5 Å². The molecule has 2 fully saturated rings. The monoisotopic (exact) mass is 449 g/mol. The average Bonchev–Trinajstić information content (AvgIpc) is 3.57. The van der Waals surface area contributed by atoms with Gasteiger partial charge >= 0.3 is 6.09 Å². The zero-order chi connectivity index (χ0) is 23.1. The highest BCUT2D eigenvalue weighted by atomic mass is 19.1. The molecule has 0 radical (unpaired) electrons. The van der Waals surface area contributed by atoms with Crippen LogP contribution < -0.4 is 20.3 Å². The van der Waals surface area contributed by atoms with Crippen LogP contribution >= 0.6 is 0 Å². The largest absolute Gasteiger partial charge is 0.486 e. The second-order valence-corrected chi connectivity index (χ2v) is 9.20. The van der Waals surface area contributed by atoms with E-state index in [1.54, 1.807) is 20.8 Å². The van der Waals surface area contributed by atoms with Crippen LogP contribution in [0, 0.1) is 5.92 Å². The Kier molecular flexibility index (Phi) is 7.87. The van der Waals surface area contributed by atoms with Crippen molar-refractivity contribution in [2.45, 2.75) is 58.1 Å². The zero-order valence-electron chi connectivity index (χ0n) is 18.9. The number of carbonyl (C=O) groups is 2. The molecule has 2 heterocycles. The first kappa shape index (κ1) is 23.7. The maximum atomic E-state index is 13.1. The van der Waals surface area contributed by atoms with E-state index in [-0.39, 0.29) is 30.5 Å². The third-order valence-corrected chi connectivity index (χ3v) is 5.05. The number of anilines is 1. The van der Waals surface area contributed by atoms with Crippen molar-refractivity contribution in [1.82, 2.24) is 20.6 Å². The first-order chi connectivity index (χ1) is 15.2. The molecule has 0 bridgehead atoms. The second kappa shape index (κ2) is 10.6. The van der Waals surface area contributed by atoms with Crippen LogP contribution in [0.15, 0.2) is 24.3 Å². The predicted octanol–water partition coefficient (Wildman–Crippen LogP) is 2.73. The Hall–Kier alpha value is -2.91. The van der Waals surface area contributed by atoms with Crippen LogP contribution in [0.3, 0.4) is 0 Å². The summed E-state index contributed by atoms with van der Waals surface area (Å²) in [6, 6.07) is 0.355. The summed E-state index contributed by atoms with van der Waals surface area (Å²) in [6.07, 6.45) is 6.72. The van der Waals surface area contributed by atoms with Crippen LogP contribution in [0.5, 0.6) is 5.75 Å². The van der Waals surface area contributed by atoms with Gasteiger partial charge in [0.1, 0.15) is 12.2 Å². The summed E-state index contributed by atoms with van der Waals surface area (Å²) in [6.45, 7) is 6.52. The van der Waals surface area contributed by atoms with Gasteiger partial charge in [0.2, 0.25) is 11.9 Å². The fourth-order valence-electron chi connectivity index (χ4n) is 3.26. The number of rotatable bonds is 8. The van der Waals surface area contributed by atoms with E-state index < -0.39 is 11.7 Å². The Morgan fingerprint density at radius 2 is 1.97 bits per heavy atom. The highest BCUT2D eigenvalue weighted by molar-refractivity contribution is 5.80. The summed E-state index contributed by atoms with van der Waals surface area (Å²) >= 11 is 0. The number of aromatic nitrogens is 2. The van der Waals surface area contributed by atoms with E-state index in [4.69, 9.17) is 9.47 Å². The summed E-state index contributed by atoms with van der Waals surface area (Å²) in [5, 5.41) is 5.56. The van der Waals surface area contributed by atoms with Crippen molar-refractivity contribution >= 4 is 17.9 Å². The van der Waals surface area contributed by atoms with Gasteiger partial charge in [-0.3, -0.25) is 4.79 Å². The van der Waals surface area contributed by atoms with Gasteiger partial charge in [0, 0.05) is 31.2 Å². The smallest absolute Gasteiger partial charge is 0.407 e. The highest BCUT2D eigenvalue weighted by Gasteiger charge is 2.31. The van der Waals surface area contributed by atoms with Crippen molar-refractivity contribution < 1.29 is 23.5 Å². The molecule has 1 unspecified atom stereocenters. The number of ether oxygens (including phenoxy) is 2. The molecular weight excluding hydrogens is 417 g/mol. The van der Waals surface area contributed by atoms with Gasteiger partial charge in [-0.25, -0.2) is 19.2 Å². The molecule has 32 heavy (non-hydrogen) atoms. The van der Waals surface area contributed by atoms with Gasteiger partial charge in [0.25, 0.3) is 0 Å². The van der Waals surface area contributed by atoms with Crippen molar-refractivity contribution in [2.24, 2.45) is 5.92 Å². The van der Waals surface area contributed by atoms with Crippen molar-refractivity contribution in [2.75, 3.05) is 31.1 Å². The van der Waals surface area contributed by atoms with Crippen molar-refractivity contribution in [1.29, 1.82) is 0 Å². The number of piperidine rings is 1. The number of hydrogen-bond donors (Lipinski definition) is 2. The highest BCUT2D eigenvalue weighted by Crippen LogP contribution is 2.24. The molecule has 9 nitrogen and oxygen atoms in total. The Balaban J connectivity index is 1.45. The molecule has 1 aromatic rings. The number of carbonyl (C=O) groups excluding carboxylic acids is 2. The first-order valence-electron chi connectivity index (χ1n) is 11.0. The van der Waals surface area contributed by atoms with Crippen molar-refractivity contribution in [3.8, 4) is 5.75 Å². The first-order valence-corrected chi connectivity index (χ1v) is 11.0. The summed E-state index contributed by atoms with van der Waals surface area (Å²) < 4.78 is 23.8. The summed E-state index contributed by atoms with van der Waals surface area (Å²) in [5.74, 6) is 0.973. The Bertz CT molecular complexity index is 821. The molecule has 0 aromatic carbocycles. The van der Waals surface area contributed by atoms with Crippen molar-refractivity contribution in [3.05, 3.63) is 24.3 Å². The Labute approximate surface area is 187 Å². The average molecular weight is 450 g/mol. The molecule has 1 aromatic heterocycles. The molecular formula is C22H32FN5O4. The molecule has 0 spiro atoms. The summed E-state index contributed by atoms with van der Waals surface area (Å²) in [7, 11) is 0. The van der Waals surface area contributed by atoms with E-state index in [1.165, 1.54) is 12.4 Å². The number of nitrogens with one attached hydrogen (secondary N) is 2. The lowest BCUT2D eigenvalue weighted by molar-refractivity contribution is -0.125. The van der Waals surface area contributed by atoms with Gasteiger partial charge in [-0.1, -0.05) is 0 Å². The zero-order valence-corrected chi connectivity index (χ0v) is 18.9. The minimum Gasteiger partial charge on any atom is -0.486 e. The topological polar surface area (TPSA) is 106 Å². The molecule has 2 N–H and O–H groups in total. The van der Waals surface area contributed by atoms with Crippen molar-refractivity contribution in [3.63, 3.8) is 0 Å². The number of hydrogen-bond acceptors (Lipinski definition) is 7. The lowest BCUT2D eigenvalue weighted by Gasteiger charge is -2.32. The van der Waals surface area contributed by atoms with Crippen LogP contribution in [-0.2, 0) is 9.53 Å². The Morgan fingerprint density at radius 1 is 1.25 bits per heavy atom. The second-order valence-electron chi connectivity index (χ2n) is 9.20. The van der Waals surface area contributed by atoms with Gasteiger partial charge < -0.3 is 25.0 Å². The molecule has 176 valence electrons. The number of amides is 2. The van der Waals surface area contributed by atoms with E-state index in [0.717, 1.165) is 32.2 Å². The van der Waals surface area contributed by atoms with E-state index in [1.807, 2.05) is 4.90 Å². The van der Waals surface area contributed by atoms with Crippen LogP contribution in [0.25, 0.3) is 0 Å². The molecule has 10 heteroatoms. The molecule has 1 aliphatic carbocycles. The van der Waals surface area contributed by atoms with E-state index in [0.29, 0.717) is 30.6 Å². The fraction of sp³-hybridized carbons (Fsp3) is 0.636. The number of alkyl carbamates (subject to hydrolysis) is 1. The van der Waals surface area contributed by atoms with E-state index >= 15 is 0 Å². The van der Waals surface area contributed by atoms with Crippen LogP contribution in [0.2, 0.25) is 0 Å². The van der Waals surface area contributed by atoms with Crippen LogP contribution in [-0.4, -0.2) is 59.9 Å². The van der Waals surface area contributed by atoms with Gasteiger partial charge in [-0.2, -0.15) is 0 Å². The molecule has 3 rings (SSSR count). The van der Waals surface area contributed by atoms with Crippen LogP contribution in [0.4, 0.5) is 15.1 Å². The molecule has 1 atom stereocenters. The third-order valence-electron chi connectivity index (χ3n) is 5.05. The van der Waals surface area contributed by atoms with Gasteiger partial charge in [0.15, 0.2) is 5.75 Å². The minimum atomic E-state index is -0.630. The van der Waals surface area contributed by atoms with Gasteiger partial charge in [-0.05, 0) is 46.5 Å². The number of nitrogens with zero attached hydrogens (tertiary/aromatic N) is 3. The van der Waals surface area contributed by atoms with Gasteiger partial charge in [-0.15, -0.1) is 0 Å². The third kappa shape index (κ3) is 7.65. The molecule has 1 saturated carbocycles. The molecule has 2 amide bonds. The number of halogens is 1. The molecule has 1 aliphatic heterocycles. The maximum absolute atomic E-state index is 13.1. The normalized spacial score (nSPS) is 19.3. The summed E-state index contributed by atoms with van der Waals surface area (Å²) in [5.41, 5.74) is -0.394. The quantitative estimate of drug-likeness (QED) is 0.629.